The van der Waals surface area contributed by atoms with Crippen LogP contribution < -0.4 is 15.5 Å². The molecular formula is C23H22FN3O3. The van der Waals surface area contributed by atoms with Crippen LogP contribution in [0.15, 0.2) is 65.3 Å². The number of anilines is 2. The lowest BCUT2D eigenvalue weighted by atomic mass is 10.1. The number of benzene rings is 2. The smallest absolute Gasteiger partial charge is 0.313 e. The molecule has 1 atom stereocenters. The van der Waals surface area contributed by atoms with Gasteiger partial charge in [0, 0.05) is 24.5 Å². The summed E-state index contributed by atoms with van der Waals surface area (Å²) < 4.78 is 19.3. The minimum Gasteiger partial charge on any atom is -0.467 e. The Balaban J connectivity index is 1.44. The van der Waals surface area contributed by atoms with Crippen LogP contribution in [0, 0.1) is 12.7 Å². The highest BCUT2D eigenvalue weighted by atomic mass is 19.1. The molecule has 0 saturated carbocycles. The summed E-state index contributed by atoms with van der Waals surface area (Å²) in [7, 11) is 0. The Morgan fingerprint density at radius 1 is 1.13 bits per heavy atom. The van der Waals surface area contributed by atoms with Crippen molar-refractivity contribution in [2.75, 3.05) is 23.3 Å². The molecule has 0 saturated heterocycles. The SMILES string of the molecule is Cc1ccc(NC(=O)C(=O)NC[C@@H](c2ccco2)N2CCc3ccccc32)cc1F. The quantitative estimate of drug-likeness (QED) is 0.634. The van der Waals surface area contributed by atoms with Crippen molar-refractivity contribution < 1.29 is 18.4 Å². The third-order valence-corrected chi connectivity index (χ3v) is 5.26. The van der Waals surface area contributed by atoms with Crippen LogP contribution in [0.2, 0.25) is 0 Å². The first-order valence-electron chi connectivity index (χ1n) is 9.76. The number of amides is 2. The van der Waals surface area contributed by atoms with Crippen molar-refractivity contribution in [3.05, 3.63) is 83.6 Å². The predicted octanol–water partition coefficient (Wildman–Crippen LogP) is 3.59. The lowest BCUT2D eigenvalue weighted by Crippen LogP contribution is -2.41. The van der Waals surface area contributed by atoms with Crippen LogP contribution in [0.5, 0.6) is 0 Å². The van der Waals surface area contributed by atoms with Gasteiger partial charge in [-0.15, -0.1) is 0 Å². The highest BCUT2D eigenvalue weighted by molar-refractivity contribution is 6.39. The molecule has 0 spiro atoms. The van der Waals surface area contributed by atoms with Crippen molar-refractivity contribution >= 4 is 23.2 Å². The number of fused-ring (bicyclic) bond motifs is 1. The standard InChI is InChI=1S/C23H22FN3O3/c1-15-8-9-17(13-18(15)24)26-23(29)22(28)25-14-20(21-7-4-12-30-21)27-11-10-16-5-2-3-6-19(16)27/h2-9,12-13,20H,10-11,14H2,1H3,(H,25,28)(H,26,29)/t20-/m0/s1. The molecule has 1 aliphatic heterocycles. The van der Waals surface area contributed by atoms with E-state index in [1.807, 2.05) is 24.3 Å². The van der Waals surface area contributed by atoms with E-state index < -0.39 is 17.6 Å². The summed E-state index contributed by atoms with van der Waals surface area (Å²) in [5, 5.41) is 5.10. The van der Waals surface area contributed by atoms with Crippen molar-refractivity contribution in [3.63, 3.8) is 0 Å². The fraction of sp³-hybridized carbons (Fsp3) is 0.217. The number of furan rings is 1. The zero-order valence-corrected chi connectivity index (χ0v) is 16.5. The zero-order valence-electron chi connectivity index (χ0n) is 16.5. The Labute approximate surface area is 173 Å². The van der Waals surface area contributed by atoms with Crippen molar-refractivity contribution in [2.24, 2.45) is 0 Å². The van der Waals surface area contributed by atoms with E-state index in [1.54, 1.807) is 31.4 Å². The average molecular weight is 407 g/mol. The monoisotopic (exact) mass is 407 g/mol. The molecule has 2 N–H and O–H groups in total. The number of halogens is 1. The van der Waals surface area contributed by atoms with E-state index in [0.717, 1.165) is 18.7 Å². The second-order valence-electron chi connectivity index (χ2n) is 7.23. The number of nitrogens with zero attached hydrogens (tertiary/aromatic N) is 1. The van der Waals surface area contributed by atoms with Gasteiger partial charge < -0.3 is 20.0 Å². The van der Waals surface area contributed by atoms with E-state index in [1.165, 1.54) is 11.6 Å². The van der Waals surface area contributed by atoms with E-state index in [4.69, 9.17) is 4.42 Å². The van der Waals surface area contributed by atoms with Crippen LogP contribution in [0.4, 0.5) is 15.8 Å². The summed E-state index contributed by atoms with van der Waals surface area (Å²) in [4.78, 5) is 26.8. The molecule has 0 bridgehead atoms. The highest BCUT2D eigenvalue weighted by Crippen LogP contribution is 2.34. The lowest BCUT2D eigenvalue weighted by molar-refractivity contribution is -0.136. The molecular weight excluding hydrogens is 385 g/mol. The van der Waals surface area contributed by atoms with Gasteiger partial charge in [-0.1, -0.05) is 24.3 Å². The van der Waals surface area contributed by atoms with Crippen LogP contribution in [0.25, 0.3) is 0 Å². The number of hydrogen-bond donors (Lipinski definition) is 2. The van der Waals surface area contributed by atoms with Gasteiger partial charge in [0.25, 0.3) is 0 Å². The first-order chi connectivity index (χ1) is 14.5. The average Bonchev–Trinajstić information content (AvgIpc) is 3.42. The molecule has 0 aliphatic carbocycles. The fourth-order valence-electron chi connectivity index (χ4n) is 3.66. The topological polar surface area (TPSA) is 74.6 Å². The molecule has 0 unspecified atom stereocenters. The van der Waals surface area contributed by atoms with E-state index in [2.05, 4.69) is 21.6 Å². The third kappa shape index (κ3) is 4.05. The number of carbonyl (C=O) groups excluding carboxylic acids is 2. The molecule has 7 heteroatoms. The van der Waals surface area contributed by atoms with Crippen LogP contribution >= 0.6 is 0 Å². The van der Waals surface area contributed by atoms with E-state index in [-0.39, 0.29) is 18.3 Å². The summed E-state index contributed by atoms with van der Waals surface area (Å²) in [5.41, 5.74) is 3.02. The third-order valence-electron chi connectivity index (χ3n) is 5.26. The molecule has 3 aromatic rings. The maximum Gasteiger partial charge on any atom is 0.313 e. The van der Waals surface area contributed by atoms with E-state index in [0.29, 0.717) is 11.3 Å². The zero-order chi connectivity index (χ0) is 21.1. The Kier molecular flexibility index (Phi) is 5.52. The Morgan fingerprint density at radius 3 is 2.73 bits per heavy atom. The van der Waals surface area contributed by atoms with Crippen LogP contribution in [0.1, 0.15) is 22.9 Å². The van der Waals surface area contributed by atoms with Crippen LogP contribution in [-0.2, 0) is 16.0 Å². The molecule has 4 rings (SSSR count). The van der Waals surface area contributed by atoms with Gasteiger partial charge in [0.1, 0.15) is 17.6 Å². The minimum absolute atomic E-state index is 0.191. The van der Waals surface area contributed by atoms with Gasteiger partial charge in [0.2, 0.25) is 0 Å². The van der Waals surface area contributed by atoms with Gasteiger partial charge in [0.05, 0.1) is 6.26 Å². The van der Waals surface area contributed by atoms with Crippen LogP contribution in [-0.4, -0.2) is 24.9 Å². The second kappa shape index (κ2) is 8.41. The number of rotatable bonds is 5. The maximum atomic E-state index is 13.7. The number of nitrogens with one attached hydrogen (secondary N) is 2. The van der Waals surface area contributed by atoms with Gasteiger partial charge >= 0.3 is 11.8 Å². The van der Waals surface area contributed by atoms with Crippen molar-refractivity contribution in [1.29, 1.82) is 0 Å². The summed E-state index contributed by atoms with van der Waals surface area (Å²) in [5.74, 6) is -1.38. The summed E-state index contributed by atoms with van der Waals surface area (Å²) >= 11 is 0. The number of carbonyl (C=O) groups is 2. The highest BCUT2D eigenvalue weighted by Gasteiger charge is 2.29. The number of para-hydroxylation sites is 1. The molecule has 1 aliphatic rings. The summed E-state index contributed by atoms with van der Waals surface area (Å²) in [6, 6.07) is 15.8. The Morgan fingerprint density at radius 2 is 1.97 bits per heavy atom. The van der Waals surface area contributed by atoms with Gasteiger partial charge in [-0.3, -0.25) is 9.59 Å². The van der Waals surface area contributed by atoms with Gasteiger partial charge in [-0.05, 0) is 54.8 Å². The molecule has 154 valence electrons. The Hall–Kier alpha value is -3.61. The summed E-state index contributed by atoms with van der Waals surface area (Å²) in [6.07, 6.45) is 2.49. The van der Waals surface area contributed by atoms with Crippen molar-refractivity contribution in [2.45, 2.75) is 19.4 Å². The normalized spacial score (nSPS) is 13.6. The first-order valence-corrected chi connectivity index (χ1v) is 9.76. The van der Waals surface area contributed by atoms with E-state index >= 15 is 0 Å². The van der Waals surface area contributed by atoms with Gasteiger partial charge in [0.15, 0.2) is 0 Å². The molecule has 2 amide bonds. The molecule has 6 nitrogen and oxygen atoms in total. The van der Waals surface area contributed by atoms with Crippen molar-refractivity contribution in [3.8, 4) is 0 Å². The second-order valence-corrected chi connectivity index (χ2v) is 7.23. The fourth-order valence-corrected chi connectivity index (χ4v) is 3.66. The molecule has 2 heterocycles. The molecule has 1 aromatic heterocycles. The van der Waals surface area contributed by atoms with Crippen molar-refractivity contribution in [1.82, 2.24) is 5.32 Å². The predicted molar refractivity (Wildman–Crippen MR) is 112 cm³/mol. The molecule has 2 aromatic carbocycles. The minimum atomic E-state index is -0.849. The summed E-state index contributed by atoms with van der Waals surface area (Å²) in [6.45, 7) is 2.60. The van der Waals surface area contributed by atoms with Gasteiger partial charge in [-0.2, -0.15) is 0 Å². The largest absolute Gasteiger partial charge is 0.467 e. The van der Waals surface area contributed by atoms with Crippen LogP contribution in [0.3, 0.4) is 0 Å². The van der Waals surface area contributed by atoms with Gasteiger partial charge in [-0.25, -0.2) is 4.39 Å². The molecule has 0 radical (unpaired) electrons. The maximum absolute atomic E-state index is 13.7. The lowest BCUT2D eigenvalue weighted by Gasteiger charge is -2.29. The molecule has 30 heavy (non-hydrogen) atoms. The Bertz CT molecular complexity index is 1070. The van der Waals surface area contributed by atoms with E-state index in [9.17, 15) is 14.0 Å². The first kappa shape index (κ1) is 19.7. The number of hydrogen-bond acceptors (Lipinski definition) is 4. The molecule has 0 fully saturated rings. The number of aryl methyl sites for hydroxylation is 1.